The zero-order valence-corrected chi connectivity index (χ0v) is 11.2. The van der Waals surface area contributed by atoms with Gasteiger partial charge in [0.1, 0.15) is 18.7 Å². The Morgan fingerprint density at radius 2 is 1.75 bits per heavy atom. The molecule has 2 aromatic rings. The summed E-state index contributed by atoms with van der Waals surface area (Å²) in [6, 6.07) is 8.79. The Morgan fingerprint density at radius 1 is 1.15 bits per heavy atom. The number of aromatic nitrogens is 2. The van der Waals surface area contributed by atoms with Crippen molar-refractivity contribution in [1.29, 1.82) is 0 Å². The third-order valence-corrected chi connectivity index (χ3v) is 2.64. The molecule has 1 heterocycles. The minimum atomic E-state index is -0.380. The summed E-state index contributed by atoms with van der Waals surface area (Å²) in [5.74, 6) is -0.380. The lowest BCUT2D eigenvalue weighted by atomic mass is 10.1. The van der Waals surface area contributed by atoms with E-state index in [-0.39, 0.29) is 17.3 Å². The van der Waals surface area contributed by atoms with Gasteiger partial charge in [0.25, 0.3) is 11.4 Å². The Bertz CT molecular complexity index is 624. The average molecular weight is 270 g/mol. The maximum atomic E-state index is 12.4. The normalized spacial score (nSPS) is 11.7. The van der Waals surface area contributed by atoms with Crippen LogP contribution in [-0.2, 0) is 4.79 Å². The first-order valence-electron chi connectivity index (χ1n) is 5.97. The maximum absolute atomic E-state index is 12.4. The van der Waals surface area contributed by atoms with Crippen molar-refractivity contribution in [3.8, 4) is 0 Å². The molecule has 0 aliphatic carbocycles. The molecule has 0 bridgehead atoms. The molecule has 0 radical (unpaired) electrons. The number of carbonyl (C=O) groups is 1. The van der Waals surface area contributed by atoms with Gasteiger partial charge in [-0.3, -0.25) is 4.79 Å². The van der Waals surface area contributed by atoms with E-state index in [4.69, 9.17) is 0 Å². The predicted octanol–water partition coefficient (Wildman–Crippen LogP) is 1.20. The molecule has 0 N–H and O–H groups in total. The molecule has 1 aromatic carbocycles. The number of hydrogen-bond donors (Lipinski definition) is 0. The summed E-state index contributed by atoms with van der Waals surface area (Å²) in [5, 5.41) is 12.4. The number of carbonyl (C=O) groups excluding carboxylic acids is 1. The van der Waals surface area contributed by atoms with Gasteiger partial charge in [0, 0.05) is 14.1 Å². The third kappa shape index (κ3) is 2.80. The first-order valence-corrected chi connectivity index (χ1v) is 5.97. The van der Waals surface area contributed by atoms with Gasteiger partial charge in [-0.15, -0.1) is 0 Å². The molecule has 102 valence electrons. The smallest absolute Gasteiger partial charge is 0.320 e. The summed E-state index contributed by atoms with van der Waals surface area (Å²) < 4.78 is 0.553. The lowest BCUT2D eigenvalue weighted by Gasteiger charge is -2.13. The fourth-order valence-electron chi connectivity index (χ4n) is 1.66. The van der Waals surface area contributed by atoms with Crippen molar-refractivity contribution >= 4 is 17.3 Å². The number of hydrogen-bond acceptors (Lipinski definition) is 4. The van der Waals surface area contributed by atoms with Crippen LogP contribution in [0.15, 0.2) is 49.1 Å². The topological polar surface area (TPSA) is 72.2 Å². The zero-order chi connectivity index (χ0) is 14.5. The first kappa shape index (κ1) is 13.7. The second kappa shape index (κ2) is 5.92. The van der Waals surface area contributed by atoms with E-state index in [1.54, 1.807) is 38.4 Å². The van der Waals surface area contributed by atoms with Crippen molar-refractivity contribution in [1.82, 2.24) is 14.9 Å². The van der Waals surface area contributed by atoms with Crippen LogP contribution in [0.5, 0.6) is 0 Å². The highest BCUT2D eigenvalue weighted by molar-refractivity contribution is 6.43. The van der Waals surface area contributed by atoms with E-state index in [2.05, 4.69) is 9.97 Å². The average Bonchev–Trinajstić information content (AvgIpc) is 2.49. The summed E-state index contributed by atoms with van der Waals surface area (Å²) in [4.78, 5) is 21.2. The van der Waals surface area contributed by atoms with E-state index in [1.807, 2.05) is 6.07 Å². The number of likely N-dealkylation sites (N-methyl/N-ethyl adjacent to an activating group) is 1. The van der Waals surface area contributed by atoms with Crippen LogP contribution in [0.3, 0.4) is 0 Å². The Hall–Kier alpha value is -2.76. The number of rotatable bonds is 3. The second-order valence-electron chi connectivity index (χ2n) is 4.31. The van der Waals surface area contributed by atoms with Gasteiger partial charge in [0.15, 0.2) is 0 Å². The summed E-state index contributed by atoms with van der Waals surface area (Å²) >= 11 is 0. The van der Waals surface area contributed by atoms with Crippen molar-refractivity contribution < 1.29 is 9.53 Å². The van der Waals surface area contributed by atoms with E-state index in [1.165, 1.54) is 23.6 Å². The van der Waals surface area contributed by atoms with Crippen LogP contribution in [0.2, 0.25) is 0 Å². The SMILES string of the molecule is CN(C)C(=O)/C(c1ccccc1)=[N+](\[O-])c1cncnc1. The van der Waals surface area contributed by atoms with Crippen LogP contribution in [0.25, 0.3) is 0 Å². The van der Waals surface area contributed by atoms with Crippen LogP contribution in [-0.4, -0.2) is 45.3 Å². The summed E-state index contributed by atoms with van der Waals surface area (Å²) in [5.41, 5.74) is 0.789. The van der Waals surface area contributed by atoms with Crippen LogP contribution in [0.1, 0.15) is 5.56 Å². The molecule has 0 fully saturated rings. The molecule has 0 saturated heterocycles. The molecule has 0 aliphatic heterocycles. The highest BCUT2D eigenvalue weighted by Gasteiger charge is 2.25. The number of benzene rings is 1. The van der Waals surface area contributed by atoms with Crippen molar-refractivity contribution in [2.45, 2.75) is 0 Å². The molecule has 0 aliphatic rings. The standard InChI is InChI=1S/C14H14N4O2/c1-17(2)14(19)13(11-6-4-3-5-7-11)18(20)12-8-15-10-16-9-12/h3-10H,1-2H3/b18-13-. The quantitative estimate of drug-likeness (QED) is 0.363. The van der Waals surface area contributed by atoms with Gasteiger partial charge in [-0.05, 0) is 12.1 Å². The van der Waals surface area contributed by atoms with E-state index in [0.717, 1.165) is 0 Å². The second-order valence-corrected chi connectivity index (χ2v) is 4.31. The molecule has 6 heteroatoms. The van der Waals surface area contributed by atoms with Crippen LogP contribution in [0.4, 0.5) is 5.69 Å². The van der Waals surface area contributed by atoms with Gasteiger partial charge in [-0.2, -0.15) is 4.74 Å². The Kier molecular flexibility index (Phi) is 4.05. The van der Waals surface area contributed by atoms with Crippen LogP contribution < -0.4 is 0 Å². The minimum Gasteiger partial charge on any atom is -0.618 e. The van der Waals surface area contributed by atoms with E-state index in [9.17, 15) is 10.0 Å². The van der Waals surface area contributed by atoms with E-state index < -0.39 is 0 Å². The number of nitrogens with zero attached hydrogens (tertiary/aromatic N) is 4. The van der Waals surface area contributed by atoms with Gasteiger partial charge in [-0.25, -0.2) is 9.97 Å². The van der Waals surface area contributed by atoms with Crippen LogP contribution >= 0.6 is 0 Å². The molecule has 2 rings (SSSR count). The van der Waals surface area contributed by atoms with Gasteiger partial charge in [0.2, 0.25) is 0 Å². The summed E-state index contributed by atoms with van der Waals surface area (Å²) in [6.45, 7) is 0. The maximum Gasteiger partial charge on any atom is 0.320 e. The molecule has 0 atom stereocenters. The van der Waals surface area contributed by atoms with Gasteiger partial charge in [0.05, 0.1) is 5.56 Å². The predicted molar refractivity (Wildman–Crippen MR) is 74.6 cm³/mol. The Labute approximate surface area is 116 Å². The highest BCUT2D eigenvalue weighted by Crippen LogP contribution is 2.11. The lowest BCUT2D eigenvalue weighted by molar-refractivity contribution is -0.360. The monoisotopic (exact) mass is 270 g/mol. The fraction of sp³-hybridized carbons (Fsp3) is 0.143. The highest BCUT2D eigenvalue weighted by atomic mass is 16.5. The first-order chi connectivity index (χ1) is 9.61. The lowest BCUT2D eigenvalue weighted by Crippen LogP contribution is -2.34. The van der Waals surface area contributed by atoms with Crippen molar-refractivity contribution in [2.24, 2.45) is 0 Å². The largest absolute Gasteiger partial charge is 0.618 e. The molecular weight excluding hydrogens is 256 g/mol. The Morgan fingerprint density at radius 3 is 2.30 bits per heavy atom. The minimum absolute atomic E-state index is 0.0328. The van der Waals surface area contributed by atoms with Gasteiger partial charge in [-0.1, -0.05) is 18.2 Å². The molecule has 1 aromatic heterocycles. The van der Waals surface area contributed by atoms with Crippen molar-refractivity contribution in [3.63, 3.8) is 0 Å². The summed E-state index contributed by atoms with van der Waals surface area (Å²) in [7, 11) is 3.20. The van der Waals surface area contributed by atoms with Crippen molar-refractivity contribution in [3.05, 3.63) is 59.8 Å². The zero-order valence-electron chi connectivity index (χ0n) is 11.2. The number of amides is 1. The molecule has 20 heavy (non-hydrogen) atoms. The molecule has 0 unspecified atom stereocenters. The van der Waals surface area contributed by atoms with Gasteiger partial charge < -0.3 is 10.1 Å². The molecule has 1 amide bonds. The Balaban J connectivity index is 2.61. The molecule has 0 spiro atoms. The fourth-order valence-corrected chi connectivity index (χ4v) is 1.66. The molecule has 0 saturated carbocycles. The third-order valence-electron chi connectivity index (χ3n) is 2.64. The molecular formula is C14H14N4O2. The van der Waals surface area contributed by atoms with Crippen LogP contribution in [0, 0.1) is 5.21 Å². The summed E-state index contributed by atoms with van der Waals surface area (Å²) in [6.07, 6.45) is 4.06. The van der Waals surface area contributed by atoms with Gasteiger partial charge >= 0.3 is 5.91 Å². The van der Waals surface area contributed by atoms with Crippen molar-refractivity contribution in [2.75, 3.05) is 14.1 Å². The van der Waals surface area contributed by atoms with E-state index in [0.29, 0.717) is 10.3 Å². The van der Waals surface area contributed by atoms with E-state index >= 15 is 0 Å². The molecule has 6 nitrogen and oxygen atoms in total.